The lowest BCUT2D eigenvalue weighted by Gasteiger charge is -2.19. The van der Waals surface area contributed by atoms with E-state index in [-0.39, 0.29) is 11.5 Å². The van der Waals surface area contributed by atoms with E-state index in [1.807, 2.05) is 12.1 Å². The van der Waals surface area contributed by atoms with Crippen molar-refractivity contribution in [2.24, 2.45) is 0 Å². The van der Waals surface area contributed by atoms with Crippen LogP contribution in [0.1, 0.15) is 50.3 Å². The third-order valence-electron chi connectivity index (χ3n) is 4.22. The highest BCUT2D eigenvalue weighted by Gasteiger charge is 2.32. The van der Waals surface area contributed by atoms with E-state index in [9.17, 15) is 5.11 Å². The van der Waals surface area contributed by atoms with Gasteiger partial charge in [-0.2, -0.15) is 0 Å². The smallest absolute Gasteiger partial charge is 0.123 e. The molecule has 0 aliphatic carbocycles. The van der Waals surface area contributed by atoms with Gasteiger partial charge in [-0.05, 0) is 30.5 Å². The fourth-order valence-electron chi connectivity index (χ4n) is 2.96. The van der Waals surface area contributed by atoms with Gasteiger partial charge in [-0.25, -0.2) is 0 Å². The maximum Gasteiger partial charge on any atom is 0.123 e. The Kier molecular flexibility index (Phi) is 3.27. The fraction of sp³-hybridized carbons (Fsp3) is 0.625. The summed E-state index contributed by atoms with van der Waals surface area (Å²) in [4.78, 5) is 0. The molecule has 0 aromatic heterocycles. The number of rotatable bonds is 3. The van der Waals surface area contributed by atoms with E-state index in [0.29, 0.717) is 13.0 Å². The fourth-order valence-corrected chi connectivity index (χ4v) is 2.96. The Balaban J connectivity index is 1.78. The first-order valence-electron chi connectivity index (χ1n) is 7.13. The van der Waals surface area contributed by atoms with E-state index in [0.717, 1.165) is 30.8 Å². The molecule has 1 aromatic carbocycles. The lowest BCUT2D eigenvalue weighted by Crippen LogP contribution is -2.18. The second kappa shape index (κ2) is 4.80. The van der Waals surface area contributed by atoms with Crippen LogP contribution in [-0.2, 0) is 10.2 Å². The quantitative estimate of drug-likeness (QED) is 0.910. The molecule has 0 radical (unpaired) electrons. The van der Waals surface area contributed by atoms with E-state index in [1.54, 1.807) is 0 Å². The third kappa shape index (κ3) is 2.49. The summed E-state index contributed by atoms with van der Waals surface area (Å²) in [7, 11) is 0. The lowest BCUT2D eigenvalue weighted by atomic mass is 9.85. The molecule has 1 saturated heterocycles. The van der Waals surface area contributed by atoms with Crippen LogP contribution >= 0.6 is 0 Å². The Labute approximate surface area is 114 Å². The second-order valence-corrected chi connectivity index (χ2v) is 6.31. The molecule has 1 N–H and O–H groups in total. The molecular weight excluding hydrogens is 240 g/mol. The maximum absolute atomic E-state index is 10.4. The van der Waals surface area contributed by atoms with E-state index in [4.69, 9.17) is 9.47 Å². The Morgan fingerprint density at radius 3 is 3.00 bits per heavy atom. The van der Waals surface area contributed by atoms with Gasteiger partial charge in [0.1, 0.15) is 5.75 Å². The van der Waals surface area contributed by atoms with Crippen LogP contribution in [0.4, 0.5) is 0 Å². The van der Waals surface area contributed by atoms with Crippen molar-refractivity contribution in [1.29, 1.82) is 0 Å². The molecule has 3 rings (SSSR count). The summed E-state index contributed by atoms with van der Waals surface area (Å²) in [5, 5.41) is 10.4. The Morgan fingerprint density at radius 2 is 2.26 bits per heavy atom. The highest BCUT2D eigenvalue weighted by Crippen LogP contribution is 2.40. The van der Waals surface area contributed by atoms with Crippen LogP contribution in [0.2, 0.25) is 0 Å². The molecule has 3 heteroatoms. The molecule has 2 aliphatic heterocycles. The van der Waals surface area contributed by atoms with Crippen LogP contribution in [-0.4, -0.2) is 24.4 Å². The number of ether oxygens (including phenoxy) is 2. The van der Waals surface area contributed by atoms with Gasteiger partial charge >= 0.3 is 0 Å². The molecule has 19 heavy (non-hydrogen) atoms. The molecule has 3 nitrogen and oxygen atoms in total. The predicted octanol–water partition coefficient (Wildman–Crippen LogP) is 2.96. The number of hydrogen-bond donors (Lipinski definition) is 1. The molecule has 0 spiro atoms. The summed E-state index contributed by atoms with van der Waals surface area (Å²) >= 11 is 0. The zero-order valence-corrected chi connectivity index (χ0v) is 11.7. The van der Waals surface area contributed by atoms with Gasteiger partial charge in [0, 0.05) is 24.0 Å². The highest BCUT2D eigenvalue weighted by atomic mass is 16.5. The summed E-state index contributed by atoms with van der Waals surface area (Å²) in [6, 6.07) is 6.06. The minimum absolute atomic E-state index is 0.0366. The van der Waals surface area contributed by atoms with Gasteiger partial charge in [0.15, 0.2) is 0 Å². The predicted molar refractivity (Wildman–Crippen MR) is 73.5 cm³/mol. The number of aliphatic hydroxyl groups excluding tert-OH is 1. The van der Waals surface area contributed by atoms with Gasteiger partial charge < -0.3 is 14.6 Å². The SMILES string of the molecule is CC1(C)COc2ccc(C(O)CC3CCCO3)cc21. The van der Waals surface area contributed by atoms with Crippen LogP contribution in [0.3, 0.4) is 0 Å². The van der Waals surface area contributed by atoms with Gasteiger partial charge in [0.25, 0.3) is 0 Å². The first-order valence-corrected chi connectivity index (χ1v) is 7.13. The van der Waals surface area contributed by atoms with Crippen LogP contribution in [0.5, 0.6) is 5.75 Å². The molecule has 0 saturated carbocycles. The largest absolute Gasteiger partial charge is 0.492 e. The number of benzene rings is 1. The summed E-state index contributed by atoms with van der Waals surface area (Å²) in [5.41, 5.74) is 2.22. The first-order chi connectivity index (χ1) is 9.06. The van der Waals surface area contributed by atoms with Gasteiger partial charge in [0.05, 0.1) is 18.8 Å². The average molecular weight is 262 g/mol. The first kappa shape index (κ1) is 12.9. The minimum atomic E-state index is -0.440. The summed E-state index contributed by atoms with van der Waals surface area (Å²) in [6.07, 6.45) is 2.65. The topological polar surface area (TPSA) is 38.7 Å². The zero-order valence-electron chi connectivity index (χ0n) is 11.7. The lowest BCUT2D eigenvalue weighted by molar-refractivity contribution is 0.0535. The summed E-state index contributed by atoms with van der Waals surface area (Å²) in [5.74, 6) is 0.957. The standard InChI is InChI=1S/C16H22O3/c1-16(2)10-19-15-6-5-11(8-13(15)16)14(17)9-12-4-3-7-18-12/h5-6,8,12,14,17H,3-4,7,9-10H2,1-2H3. The van der Waals surface area contributed by atoms with Gasteiger partial charge in [0.2, 0.25) is 0 Å². The van der Waals surface area contributed by atoms with Crippen molar-refractivity contribution in [2.45, 2.75) is 50.7 Å². The van der Waals surface area contributed by atoms with Gasteiger partial charge in [-0.3, -0.25) is 0 Å². The van der Waals surface area contributed by atoms with Crippen LogP contribution in [0, 0.1) is 0 Å². The van der Waals surface area contributed by atoms with E-state index in [1.165, 1.54) is 5.56 Å². The van der Waals surface area contributed by atoms with Crippen molar-refractivity contribution in [2.75, 3.05) is 13.2 Å². The molecule has 2 aliphatic rings. The van der Waals surface area contributed by atoms with Crippen molar-refractivity contribution in [3.8, 4) is 5.75 Å². The van der Waals surface area contributed by atoms with E-state index < -0.39 is 6.10 Å². The van der Waals surface area contributed by atoms with Gasteiger partial charge in [-0.1, -0.05) is 19.9 Å². The summed E-state index contributed by atoms with van der Waals surface area (Å²) in [6.45, 7) is 5.90. The zero-order chi connectivity index (χ0) is 13.5. The van der Waals surface area contributed by atoms with E-state index in [2.05, 4.69) is 19.9 Å². The van der Waals surface area contributed by atoms with Crippen LogP contribution < -0.4 is 4.74 Å². The molecule has 0 bridgehead atoms. The third-order valence-corrected chi connectivity index (χ3v) is 4.22. The molecular formula is C16H22O3. The molecule has 0 amide bonds. The van der Waals surface area contributed by atoms with Crippen LogP contribution in [0.25, 0.3) is 0 Å². The van der Waals surface area contributed by atoms with Crippen molar-refractivity contribution < 1.29 is 14.6 Å². The van der Waals surface area contributed by atoms with Crippen molar-refractivity contribution in [3.05, 3.63) is 29.3 Å². The molecule has 2 heterocycles. The molecule has 2 atom stereocenters. The number of aliphatic hydroxyl groups is 1. The Morgan fingerprint density at radius 1 is 1.42 bits per heavy atom. The van der Waals surface area contributed by atoms with Crippen LogP contribution in [0.15, 0.2) is 18.2 Å². The Bertz CT molecular complexity index is 461. The summed E-state index contributed by atoms with van der Waals surface area (Å²) < 4.78 is 11.3. The number of fused-ring (bicyclic) bond motifs is 1. The molecule has 104 valence electrons. The Hall–Kier alpha value is -1.06. The molecule has 2 unspecified atom stereocenters. The van der Waals surface area contributed by atoms with Crippen molar-refractivity contribution >= 4 is 0 Å². The van der Waals surface area contributed by atoms with E-state index >= 15 is 0 Å². The minimum Gasteiger partial charge on any atom is -0.492 e. The average Bonchev–Trinajstić information content (AvgIpc) is 2.98. The second-order valence-electron chi connectivity index (χ2n) is 6.31. The monoisotopic (exact) mass is 262 g/mol. The van der Waals surface area contributed by atoms with Gasteiger partial charge in [-0.15, -0.1) is 0 Å². The highest BCUT2D eigenvalue weighted by molar-refractivity contribution is 5.45. The molecule has 1 aromatic rings. The normalized spacial score (nSPS) is 25.9. The molecule has 1 fully saturated rings. The number of hydrogen-bond acceptors (Lipinski definition) is 3. The van der Waals surface area contributed by atoms with Crippen molar-refractivity contribution in [1.82, 2.24) is 0 Å². The maximum atomic E-state index is 10.4. The van der Waals surface area contributed by atoms with Crippen molar-refractivity contribution in [3.63, 3.8) is 0 Å².